The van der Waals surface area contributed by atoms with Crippen LogP contribution in [-0.4, -0.2) is 34.9 Å². The average Bonchev–Trinajstić information content (AvgIpc) is 2.70. The summed E-state index contributed by atoms with van der Waals surface area (Å²) in [6.45, 7) is 3.35. The van der Waals surface area contributed by atoms with Gasteiger partial charge in [0.15, 0.2) is 0 Å². The summed E-state index contributed by atoms with van der Waals surface area (Å²) in [6.07, 6.45) is 1.38. The van der Waals surface area contributed by atoms with E-state index in [0.717, 1.165) is 0 Å². The van der Waals surface area contributed by atoms with Crippen molar-refractivity contribution in [3.8, 4) is 5.75 Å². The van der Waals surface area contributed by atoms with E-state index in [2.05, 4.69) is 25.9 Å². The Morgan fingerprint density at radius 3 is 2.70 bits per heavy atom. The molecule has 0 aliphatic heterocycles. The summed E-state index contributed by atoms with van der Waals surface area (Å²) in [7, 11) is 0. The summed E-state index contributed by atoms with van der Waals surface area (Å²) < 4.78 is 19.0. The molecular formula is C20H19ClFN5O3. The predicted molar refractivity (Wildman–Crippen MR) is 113 cm³/mol. The van der Waals surface area contributed by atoms with E-state index in [1.807, 2.05) is 6.92 Å². The first-order valence-electron chi connectivity index (χ1n) is 9.05. The maximum Gasteiger partial charge on any atom is 0.243 e. The van der Waals surface area contributed by atoms with Gasteiger partial charge in [0.1, 0.15) is 23.7 Å². The van der Waals surface area contributed by atoms with Crippen LogP contribution in [-0.2, 0) is 9.59 Å². The molecule has 0 bridgehead atoms. The number of halogens is 2. The third-order valence-corrected chi connectivity index (χ3v) is 4.28. The second-order valence-electron chi connectivity index (χ2n) is 6.23. The highest BCUT2D eigenvalue weighted by molar-refractivity contribution is 6.31. The fraction of sp³-hybridized carbons (Fsp3) is 0.200. The Morgan fingerprint density at radius 1 is 1.20 bits per heavy atom. The molecule has 2 aromatic carbocycles. The van der Waals surface area contributed by atoms with Crippen LogP contribution in [0.25, 0.3) is 10.9 Å². The molecule has 0 radical (unpaired) electrons. The smallest absolute Gasteiger partial charge is 0.243 e. The standard InChI is InChI=1S/C20H19ClFN5O3/c1-3-30-18-8-16-13(7-17(18)27-19(29)9-23-11(2)28)20(25-10-24-16)26-12-4-5-15(22)14(21)6-12/h4-8,10H,3,9H2,1-2H3,(H,23,28)(H,27,29)(H,24,25,26). The number of carbonyl (C=O) groups is 2. The van der Waals surface area contributed by atoms with Crippen molar-refractivity contribution in [2.75, 3.05) is 23.8 Å². The van der Waals surface area contributed by atoms with Crippen molar-refractivity contribution in [2.24, 2.45) is 0 Å². The number of carbonyl (C=O) groups excluding carboxylic acids is 2. The lowest BCUT2D eigenvalue weighted by Crippen LogP contribution is -2.31. The fourth-order valence-corrected chi connectivity index (χ4v) is 2.85. The summed E-state index contributed by atoms with van der Waals surface area (Å²) in [6, 6.07) is 7.56. The van der Waals surface area contributed by atoms with Crippen molar-refractivity contribution in [3.05, 3.63) is 47.5 Å². The molecule has 0 saturated heterocycles. The molecule has 0 aliphatic carbocycles. The average molecular weight is 432 g/mol. The van der Waals surface area contributed by atoms with Gasteiger partial charge in [-0.15, -0.1) is 0 Å². The Bertz CT molecular complexity index is 1110. The van der Waals surface area contributed by atoms with Crippen LogP contribution >= 0.6 is 11.6 Å². The van der Waals surface area contributed by atoms with Crippen molar-refractivity contribution >= 4 is 51.5 Å². The van der Waals surface area contributed by atoms with Gasteiger partial charge in [-0.3, -0.25) is 9.59 Å². The van der Waals surface area contributed by atoms with Crippen LogP contribution < -0.4 is 20.7 Å². The van der Waals surface area contributed by atoms with Crippen LogP contribution in [0, 0.1) is 5.82 Å². The molecule has 2 amide bonds. The van der Waals surface area contributed by atoms with Crippen LogP contribution in [0.4, 0.5) is 21.6 Å². The number of rotatable bonds is 7. The molecule has 0 saturated carbocycles. The molecule has 1 aromatic heterocycles. The predicted octanol–water partition coefficient (Wildman–Crippen LogP) is 3.64. The number of fused-ring (bicyclic) bond motifs is 1. The first kappa shape index (κ1) is 21.3. The molecule has 1 heterocycles. The maximum atomic E-state index is 13.4. The number of hydrogen-bond donors (Lipinski definition) is 3. The van der Waals surface area contributed by atoms with E-state index in [0.29, 0.717) is 40.5 Å². The molecule has 3 N–H and O–H groups in total. The van der Waals surface area contributed by atoms with Gasteiger partial charge in [0, 0.05) is 24.1 Å². The summed E-state index contributed by atoms with van der Waals surface area (Å²) >= 11 is 5.85. The molecule has 8 nitrogen and oxygen atoms in total. The number of nitrogens with one attached hydrogen (secondary N) is 3. The van der Waals surface area contributed by atoms with E-state index < -0.39 is 11.7 Å². The zero-order valence-corrected chi connectivity index (χ0v) is 17.0. The summed E-state index contributed by atoms with van der Waals surface area (Å²) in [5.41, 5.74) is 1.50. The number of nitrogens with zero attached hydrogens (tertiary/aromatic N) is 2. The highest BCUT2D eigenvalue weighted by atomic mass is 35.5. The lowest BCUT2D eigenvalue weighted by molar-refractivity contribution is -0.122. The minimum absolute atomic E-state index is 0.0251. The second-order valence-corrected chi connectivity index (χ2v) is 6.64. The Labute approximate surface area is 176 Å². The van der Waals surface area contributed by atoms with Crippen molar-refractivity contribution in [2.45, 2.75) is 13.8 Å². The van der Waals surface area contributed by atoms with E-state index in [1.54, 1.807) is 12.1 Å². The number of hydrogen-bond acceptors (Lipinski definition) is 6. The normalized spacial score (nSPS) is 10.5. The van der Waals surface area contributed by atoms with Crippen LogP contribution in [0.1, 0.15) is 13.8 Å². The van der Waals surface area contributed by atoms with Gasteiger partial charge in [-0.05, 0) is 31.2 Å². The Kier molecular flexibility index (Phi) is 6.63. The monoisotopic (exact) mass is 431 g/mol. The molecule has 0 fully saturated rings. The second kappa shape index (κ2) is 9.36. The topological polar surface area (TPSA) is 105 Å². The van der Waals surface area contributed by atoms with Gasteiger partial charge in [0.05, 0.1) is 29.4 Å². The van der Waals surface area contributed by atoms with E-state index in [9.17, 15) is 14.0 Å². The zero-order chi connectivity index (χ0) is 21.7. The molecule has 10 heteroatoms. The molecule has 0 aliphatic rings. The third kappa shape index (κ3) is 5.12. The SMILES string of the molecule is CCOc1cc2ncnc(Nc3ccc(F)c(Cl)c3)c2cc1NC(=O)CNC(C)=O. The van der Waals surface area contributed by atoms with Crippen molar-refractivity contribution in [3.63, 3.8) is 0 Å². The van der Waals surface area contributed by atoms with Gasteiger partial charge in [-0.2, -0.15) is 0 Å². The van der Waals surface area contributed by atoms with Gasteiger partial charge in [0.25, 0.3) is 0 Å². The maximum absolute atomic E-state index is 13.4. The molecule has 3 rings (SSSR count). The highest BCUT2D eigenvalue weighted by Gasteiger charge is 2.14. The van der Waals surface area contributed by atoms with Gasteiger partial charge in [-0.1, -0.05) is 11.6 Å². The van der Waals surface area contributed by atoms with Gasteiger partial charge >= 0.3 is 0 Å². The van der Waals surface area contributed by atoms with E-state index in [4.69, 9.17) is 16.3 Å². The summed E-state index contributed by atoms with van der Waals surface area (Å²) in [5, 5.41) is 8.80. The Morgan fingerprint density at radius 2 is 2.00 bits per heavy atom. The number of aromatic nitrogens is 2. The van der Waals surface area contributed by atoms with Crippen LogP contribution in [0.3, 0.4) is 0 Å². The van der Waals surface area contributed by atoms with Gasteiger partial charge in [-0.25, -0.2) is 14.4 Å². The highest BCUT2D eigenvalue weighted by Crippen LogP contribution is 2.33. The molecular weight excluding hydrogens is 413 g/mol. The van der Waals surface area contributed by atoms with E-state index in [-0.39, 0.29) is 17.5 Å². The first-order chi connectivity index (χ1) is 14.4. The van der Waals surface area contributed by atoms with Gasteiger partial charge < -0.3 is 20.7 Å². The van der Waals surface area contributed by atoms with Crippen LogP contribution in [0.2, 0.25) is 5.02 Å². The largest absolute Gasteiger partial charge is 0.492 e. The number of ether oxygens (including phenoxy) is 1. The summed E-state index contributed by atoms with van der Waals surface area (Å²) in [5.74, 6) is -0.396. The minimum Gasteiger partial charge on any atom is -0.492 e. The van der Waals surface area contributed by atoms with Crippen LogP contribution in [0.5, 0.6) is 5.75 Å². The lowest BCUT2D eigenvalue weighted by atomic mass is 10.1. The van der Waals surface area contributed by atoms with E-state index in [1.165, 1.54) is 31.5 Å². The van der Waals surface area contributed by atoms with Crippen molar-refractivity contribution < 1.29 is 18.7 Å². The van der Waals surface area contributed by atoms with E-state index >= 15 is 0 Å². The zero-order valence-electron chi connectivity index (χ0n) is 16.3. The molecule has 156 valence electrons. The quantitative estimate of drug-likeness (QED) is 0.527. The molecule has 3 aromatic rings. The minimum atomic E-state index is -0.528. The Hall–Kier alpha value is -3.46. The van der Waals surface area contributed by atoms with Crippen LogP contribution in [0.15, 0.2) is 36.7 Å². The lowest BCUT2D eigenvalue weighted by Gasteiger charge is -2.15. The van der Waals surface area contributed by atoms with Crippen molar-refractivity contribution in [1.82, 2.24) is 15.3 Å². The number of anilines is 3. The third-order valence-electron chi connectivity index (χ3n) is 3.99. The molecule has 30 heavy (non-hydrogen) atoms. The molecule has 0 atom stereocenters. The number of amides is 2. The first-order valence-corrected chi connectivity index (χ1v) is 9.43. The van der Waals surface area contributed by atoms with Gasteiger partial charge in [0.2, 0.25) is 11.8 Å². The molecule has 0 unspecified atom stereocenters. The summed E-state index contributed by atoms with van der Waals surface area (Å²) in [4.78, 5) is 31.7. The Balaban J connectivity index is 1.97. The fourth-order valence-electron chi connectivity index (χ4n) is 2.67. The van der Waals surface area contributed by atoms with Crippen molar-refractivity contribution in [1.29, 1.82) is 0 Å². The number of benzene rings is 2. The molecule has 0 spiro atoms.